The molecule has 17 heavy (non-hydrogen) atoms. The molecule has 0 aromatic heterocycles. The molecule has 1 aliphatic rings. The van der Waals surface area contributed by atoms with Crippen molar-refractivity contribution >= 4 is 21.6 Å². The number of halogens is 1. The van der Waals surface area contributed by atoms with Crippen molar-refractivity contribution in [3.05, 3.63) is 0 Å². The Kier molecular flexibility index (Phi) is 6.24. The molecule has 1 saturated heterocycles. The zero-order chi connectivity index (χ0) is 12.9. The van der Waals surface area contributed by atoms with Crippen molar-refractivity contribution < 1.29 is 8.42 Å². The summed E-state index contributed by atoms with van der Waals surface area (Å²) in [6.07, 6.45) is 5.20. The molecular weight excluding hydrogens is 258 g/mol. The van der Waals surface area contributed by atoms with E-state index in [-0.39, 0.29) is 17.7 Å². The first kappa shape index (κ1) is 15.3. The molecule has 5 heteroatoms. The van der Waals surface area contributed by atoms with Gasteiger partial charge in [-0.1, -0.05) is 26.7 Å². The molecule has 0 amide bonds. The molecule has 0 bridgehead atoms. The molecule has 102 valence electrons. The second-order valence-corrected chi connectivity index (χ2v) is 7.33. The van der Waals surface area contributed by atoms with Gasteiger partial charge in [-0.15, -0.1) is 11.6 Å². The smallest absolute Gasteiger partial charge is 0.212 e. The molecule has 3 nitrogen and oxygen atoms in total. The topological polar surface area (TPSA) is 37.4 Å². The van der Waals surface area contributed by atoms with Gasteiger partial charge in [0, 0.05) is 18.5 Å². The Labute approximate surface area is 111 Å². The van der Waals surface area contributed by atoms with Crippen LogP contribution in [0.25, 0.3) is 0 Å². The maximum Gasteiger partial charge on any atom is 0.214 e. The molecule has 1 fully saturated rings. The predicted molar refractivity (Wildman–Crippen MR) is 72.9 cm³/mol. The van der Waals surface area contributed by atoms with Crippen molar-refractivity contribution in [2.45, 2.75) is 52.0 Å². The average molecular weight is 282 g/mol. The van der Waals surface area contributed by atoms with Gasteiger partial charge in [-0.2, -0.15) is 4.31 Å². The molecule has 1 aliphatic heterocycles. The first-order chi connectivity index (χ1) is 8.01. The van der Waals surface area contributed by atoms with Crippen LogP contribution in [0.4, 0.5) is 0 Å². The Hall–Kier alpha value is 0.200. The van der Waals surface area contributed by atoms with Crippen LogP contribution in [0.3, 0.4) is 0 Å². The van der Waals surface area contributed by atoms with E-state index in [4.69, 9.17) is 11.6 Å². The zero-order valence-electron chi connectivity index (χ0n) is 10.9. The van der Waals surface area contributed by atoms with E-state index >= 15 is 0 Å². The highest BCUT2D eigenvalue weighted by Gasteiger charge is 2.30. The van der Waals surface area contributed by atoms with Crippen molar-refractivity contribution in [3.63, 3.8) is 0 Å². The summed E-state index contributed by atoms with van der Waals surface area (Å²) in [6.45, 7) is 4.66. The van der Waals surface area contributed by atoms with Gasteiger partial charge in [0.1, 0.15) is 0 Å². The van der Waals surface area contributed by atoms with Crippen LogP contribution in [0.15, 0.2) is 0 Å². The molecule has 0 aliphatic carbocycles. The minimum absolute atomic E-state index is 0.0300. The molecule has 0 N–H and O–H groups in total. The lowest BCUT2D eigenvalue weighted by Crippen LogP contribution is -2.42. The van der Waals surface area contributed by atoms with Crippen LogP contribution in [0.5, 0.6) is 0 Å². The predicted octanol–water partition coefficient (Wildman–Crippen LogP) is 2.85. The molecule has 0 aromatic rings. The summed E-state index contributed by atoms with van der Waals surface area (Å²) in [5, 5.41) is 0. The highest BCUT2D eigenvalue weighted by Crippen LogP contribution is 2.23. The third kappa shape index (κ3) is 4.42. The zero-order valence-corrected chi connectivity index (χ0v) is 12.4. The molecular formula is C12H24ClNO2S. The summed E-state index contributed by atoms with van der Waals surface area (Å²) in [7, 11) is -3.13. The van der Waals surface area contributed by atoms with E-state index in [9.17, 15) is 8.42 Å². The Morgan fingerprint density at radius 1 is 1.35 bits per heavy atom. The average Bonchev–Trinajstić information content (AvgIpc) is 2.53. The number of hydrogen-bond donors (Lipinski definition) is 0. The van der Waals surface area contributed by atoms with Gasteiger partial charge >= 0.3 is 0 Å². The van der Waals surface area contributed by atoms with Crippen molar-refractivity contribution in [1.82, 2.24) is 4.31 Å². The van der Waals surface area contributed by atoms with Crippen LogP contribution in [0.1, 0.15) is 46.0 Å². The largest absolute Gasteiger partial charge is 0.214 e. The third-order valence-corrected chi connectivity index (χ3v) is 6.12. The maximum atomic E-state index is 12.3. The summed E-state index contributed by atoms with van der Waals surface area (Å²) in [5.41, 5.74) is 0. The molecule has 0 saturated carbocycles. The summed E-state index contributed by atoms with van der Waals surface area (Å²) >= 11 is 5.72. The Morgan fingerprint density at radius 3 is 2.65 bits per heavy atom. The Balaban J connectivity index is 2.78. The van der Waals surface area contributed by atoms with E-state index in [0.717, 1.165) is 32.1 Å². The second kappa shape index (κ2) is 6.95. The summed E-state index contributed by atoms with van der Waals surface area (Å²) in [6, 6.07) is 0.199. The fourth-order valence-electron chi connectivity index (χ4n) is 2.42. The van der Waals surface area contributed by atoms with Gasteiger partial charge < -0.3 is 0 Å². The van der Waals surface area contributed by atoms with E-state index in [1.54, 1.807) is 4.31 Å². The highest BCUT2D eigenvalue weighted by atomic mass is 35.5. The van der Waals surface area contributed by atoms with Crippen LogP contribution in [-0.2, 0) is 10.0 Å². The first-order valence-corrected chi connectivity index (χ1v) is 8.71. The van der Waals surface area contributed by atoms with Gasteiger partial charge in [0.15, 0.2) is 0 Å². The maximum absolute atomic E-state index is 12.3. The fourth-order valence-corrected chi connectivity index (χ4v) is 4.81. The monoisotopic (exact) mass is 281 g/mol. The number of hydrogen-bond acceptors (Lipinski definition) is 2. The lowest BCUT2D eigenvalue weighted by Gasteiger charge is -2.29. The quantitative estimate of drug-likeness (QED) is 0.727. The van der Waals surface area contributed by atoms with Crippen LogP contribution < -0.4 is 0 Å². The van der Waals surface area contributed by atoms with E-state index in [2.05, 4.69) is 6.92 Å². The highest BCUT2D eigenvalue weighted by molar-refractivity contribution is 7.89. The molecule has 0 spiro atoms. The molecule has 1 rings (SSSR count). The number of sulfonamides is 1. The van der Waals surface area contributed by atoms with Crippen LogP contribution >= 0.6 is 11.6 Å². The van der Waals surface area contributed by atoms with Gasteiger partial charge in [0.05, 0.1) is 5.75 Å². The van der Waals surface area contributed by atoms with Crippen LogP contribution in [-0.4, -0.2) is 36.9 Å². The molecule has 0 radical (unpaired) electrons. The minimum atomic E-state index is -3.13. The van der Waals surface area contributed by atoms with E-state index in [1.807, 2.05) is 6.92 Å². The lowest BCUT2D eigenvalue weighted by molar-refractivity contribution is 0.313. The number of nitrogens with zero attached hydrogens (tertiary/aromatic N) is 1. The summed E-state index contributed by atoms with van der Waals surface area (Å²) < 4.78 is 26.4. The minimum Gasteiger partial charge on any atom is -0.212 e. The Morgan fingerprint density at radius 2 is 2.06 bits per heavy atom. The van der Waals surface area contributed by atoms with Crippen molar-refractivity contribution in [2.75, 3.05) is 18.2 Å². The SMILES string of the molecule is CCC1CCCCCN1S(=O)(=O)CC(C)CCl. The van der Waals surface area contributed by atoms with Gasteiger partial charge in [0.2, 0.25) is 10.0 Å². The summed E-state index contributed by atoms with van der Waals surface area (Å²) in [4.78, 5) is 0. The van der Waals surface area contributed by atoms with Gasteiger partial charge in [0.25, 0.3) is 0 Å². The van der Waals surface area contributed by atoms with Gasteiger partial charge in [-0.25, -0.2) is 8.42 Å². The third-order valence-electron chi connectivity index (χ3n) is 3.41. The lowest BCUT2D eigenvalue weighted by atomic mass is 10.1. The van der Waals surface area contributed by atoms with E-state index in [1.165, 1.54) is 0 Å². The number of alkyl halides is 1. The van der Waals surface area contributed by atoms with E-state index in [0.29, 0.717) is 12.4 Å². The fraction of sp³-hybridized carbons (Fsp3) is 1.00. The van der Waals surface area contributed by atoms with Crippen LogP contribution in [0, 0.1) is 5.92 Å². The molecule has 1 heterocycles. The van der Waals surface area contributed by atoms with Gasteiger partial charge in [-0.3, -0.25) is 0 Å². The van der Waals surface area contributed by atoms with Crippen molar-refractivity contribution in [3.8, 4) is 0 Å². The van der Waals surface area contributed by atoms with E-state index < -0.39 is 10.0 Å². The Bertz CT molecular complexity index is 318. The first-order valence-electron chi connectivity index (χ1n) is 6.56. The molecule has 2 atom stereocenters. The number of rotatable bonds is 5. The summed E-state index contributed by atoms with van der Waals surface area (Å²) in [5.74, 6) is 0.624. The van der Waals surface area contributed by atoms with Crippen molar-refractivity contribution in [2.24, 2.45) is 5.92 Å². The van der Waals surface area contributed by atoms with Gasteiger partial charge in [-0.05, 0) is 25.2 Å². The molecule has 2 unspecified atom stereocenters. The normalized spacial score (nSPS) is 25.5. The second-order valence-electron chi connectivity index (χ2n) is 5.06. The standard InChI is InChI=1S/C12H24ClNO2S/c1-3-12-7-5-4-6-8-14(12)17(15,16)10-11(2)9-13/h11-12H,3-10H2,1-2H3. The molecule has 0 aromatic carbocycles. The van der Waals surface area contributed by atoms with Crippen molar-refractivity contribution in [1.29, 1.82) is 0 Å². The van der Waals surface area contributed by atoms with Crippen LogP contribution in [0.2, 0.25) is 0 Å².